The fraction of sp³-hybridized carbons (Fsp3) is 0.171. The van der Waals surface area contributed by atoms with E-state index in [1.54, 1.807) is 36.0 Å². The average molecular weight is 803 g/mol. The molecule has 49 heavy (non-hydrogen) atoms. The Morgan fingerprint density at radius 1 is 0.837 bits per heavy atom. The Morgan fingerprint density at radius 2 is 1.55 bits per heavy atom. The number of aromatic nitrogens is 5. The fourth-order valence-electron chi connectivity index (χ4n) is 5.28. The van der Waals surface area contributed by atoms with Gasteiger partial charge >= 0.3 is 0 Å². The van der Waals surface area contributed by atoms with Gasteiger partial charge < -0.3 is 30.1 Å². The van der Waals surface area contributed by atoms with E-state index in [9.17, 15) is 0 Å². The Bertz CT molecular complexity index is 2190. The molecule has 248 valence electrons. The molecule has 0 unspecified atom stereocenters. The Balaban J connectivity index is 0.000000171. The zero-order chi connectivity index (χ0) is 33.6. The van der Waals surface area contributed by atoms with Crippen LogP contribution >= 0.6 is 45.3 Å². The zero-order valence-corrected chi connectivity index (χ0v) is 30.1. The Labute approximate surface area is 304 Å². The van der Waals surface area contributed by atoms with Crippen LogP contribution in [0.4, 0.5) is 29.0 Å². The fourth-order valence-corrected chi connectivity index (χ4v) is 7.84. The van der Waals surface area contributed by atoms with Crippen LogP contribution in [0.3, 0.4) is 0 Å². The van der Waals surface area contributed by atoms with Crippen molar-refractivity contribution in [3.05, 3.63) is 99.1 Å². The van der Waals surface area contributed by atoms with Crippen molar-refractivity contribution in [3.8, 4) is 17.0 Å². The highest BCUT2D eigenvalue weighted by Crippen LogP contribution is 2.37. The monoisotopic (exact) mass is 802 g/mol. The molecule has 0 bridgehead atoms. The SMILES string of the molecule is COc1ncccc1-c1csc2cnc(Nc3ccc(N4CCOCC4)cc3)nc12.OCc1cccc(Nc2ncc3scc(I)c3n2)c1. The molecule has 1 aliphatic heterocycles. The molecule has 8 rings (SSSR count). The lowest BCUT2D eigenvalue weighted by Crippen LogP contribution is -2.36. The maximum absolute atomic E-state index is 9.12. The highest BCUT2D eigenvalue weighted by atomic mass is 127. The molecule has 1 aliphatic rings. The van der Waals surface area contributed by atoms with Gasteiger partial charge in [0.2, 0.25) is 17.8 Å². The number of anilines is 5. The number of nitrogens with one attached hydrogen (secondary N) is 2. The van der Waals surface area contributed by atoms with E-state index < -0.39 is 0 Å². The number of pyridine rings is 1. The second kappa shape index (κ2) is 15.4. The Kier molecular flexibility index (Phi) is 10.4. The van der Waals surface area contributed by atoms with Gasteiger partial charge in [0, 0.05) is 58.2 Å². The summed E-state index contributed by atoms with van der Waals surface area (Å²) in [5.74, 6) is 1.71. The quantitative estimate of drug-likeness (QED) is 0.130. The van der Waals surface area contributed by atoms with Crippen LogP contribution in [-0.2, 0) is 11.3 Å². The third kappa shape index (κ3) is 7.73. The van der Waals surface area contributed by atoms with Crippen LogP contribution in [0, 0.1) is 3.57 Å². The van der Waals surface area contributed by atoms with Crippen molar-refractivity contribution >= 4 is 94.7 Å². The first-order valence-corrected chi connectivity index (χ1v) is 18.2. The number of thiophene rings is 2. The summed E-state index contributed by atoms with van der Waals surface area (Å²) in [6, 6.07) is 19.8. The lowest BCUT2D eigenvalue weighted by Gasteiger charge is -2.28. The summed E-state index contributed by atoms with van der Waals surface area (Å²) in [5, 5.41) is 19.7. The number of hydrogen-bond donors (Lipinski definition) is 3. The number of morpholine rings is 1. The summed E-state index contributed by atoms with van der Waals surface area (Å²) in [4.78, 5) is 24.7. The second-order valence-electron chi connectivity index (χ2n) is 10.9. The average Bonchev–Trinajstić information content (AvgIpc) is 3.75. The number of methoxy groups -OCH3 is 1. The molecule has 2 aromatic carbocycles. The first-order valence-electron chi connectivity index (χ1n) is 15.4. The number of fused-ring (bicyclic) bond motifs is 2. The predicted molar refractivity (Wildman–Crippen MR) is 206 cm³/mol. The predicted octanol–water partition coefficient (Wildman–Crippen LogP) is 7.87. The van der Waals surface area contributed by atoms with Gasteiger partial charge in [-0.2, -0.15) is 0 Å². The van der Waals surface area contributed by atoms with E-state index in [0.717, 1.165) is 78.4 Å². The Morgan fingerprint density at radius 3 is 2.31 bits per heavy atom. The van der Waals surface area contributed by atoms with Crippen molar-refractivity contribution in [1.82, 2.24) is 24.9 Å². The van der Waals surface area contributed by atoms with E-state index in [4.69, 9.17) is 19.6 Å². The van der Waals surface area contributed by atoms with Gasteiger partial charge in [-0.15, -0.1) is 22.7 Å². The van der Waals surface area contributed by atoms with Gasteiger partial charge in [-0.3, -0.25) is 0 Å². The van der Waals surface area contributed by atoms with Gasteiger partial charge in [0.15, 0.2) is 0 Å². The molecule has 0 spiro atoms. The number of hydrogen-bond acceptors (Lipinski definition) is 13. The number of ether oxygens (including phenoxy) is 2. The number of halogens is 1. The number of aliphatic hydroxyl groups excluding tert-OH is 1. The molecular weight excluding hydrogens is 771 g/mol. The molecule has 1 fully saturated rings. The number of nitrogens with zero attached hydrogens (tertiary/aromatic N) is 6. The summed E-state index contributed by atoms with van der Waals surface area (Å²) in [6.07, 6.45) is 5.40. The molecule has 14 heteroatoms. The largest absolute Gasteiger partial charge is 0.481 e. The third-order valence-corrected chi connectivity index (χ3v) is 10.8. The minimum atomic E-state index is 0.0256. The van der Waals surface area contributed by atoms with Gasteiger partial charge in [-0.1, -0.05) is 12.1 Å². The molecular formula is C35H31IN8O3S2. The number of benzene rings is 2. The van der Waals surface area contributed by atoms with Crippen molar-refractivity contribution < 1.29 is 14.6 Å². The minimum absolute atomic E-state index is 0.0256. The van der Waals surface area contributed by atoms with Crippen LogP contribution in [0.1, 0.15) is 5.56 Å². The van der Waals surface area contributed by atoms with Crippen LogP contribution in [0.25, 0.3) is 31.6 Å². The van der Waals surface area contributed by atoms with Crippen molar-refractivity contribution in [2.45, 2.75) is 6.61 Å². The maximum atomic E-state index is 9.12. The van der Waals surface area contributed by atoms with E-state index >= 15 is 0 Å². The van der Waals surface area contributed by atoms with Crippen molar-refractivity contribution in [2.75, 3.05) is 48.9 Å². The standard InChI is InChI=1S/C22H21N5O2S.C13H10IN3OS/c1-28-21-17(3-2-8-23-21)18-14-30-19-13-24-22(26-20(18)19)25-15-4-6-16(7-5-15)27-9-11-29-12-10-27;14-10-7-19-11-5-15-13(17-12(10)11)16-9-3-1-2-8(4-9)6-18/h2-8,13-14H,9-12H2,1H3,(H,24,25,26);1-5,7,18H,6H2,(H,15,16,17). The lowest BCUT2D eigenvalue weighted by molar-refractivity contribution is 0.122. The van der Waals surface area contributed by atoms with E-state index in [-0.39, 0.29) is 6.61 Å². The maximum Gasteiger partial charge on any atom is 0.227 e. The summed E-state index contributed by atoms with van der Waals surface area (Å²) >= 11 is 5.52. The van der Waals surface area contributed by atoms with Gasteiger partial charge in [0.25, 0.3) is 0 Å². The van der Waals surface area contributed by atoms with Crippen molar-refractivity contribution in [3.63, 3.8) is 0 Å². The molecule has 6 heterocycles. The highest BCUT2D eigenvalue weighted by Gasteiger charge is 2.15. The van der Waals surface area contributed by atoms with Crippen LogP contribution < -0.4 is 20.3 Å². The lowest BCUT2D eigenvalue weighted by atomic mass is 10.1. The van der Waals surface area contributed by atoms with Crippen LogP contribution in [0.5, 0.6) is 5.88 Å². The summed E-state index contributed by atoms with van der Waals surface area (Å²) in [5.41, 5.74) is 7.65. The minimum Gasteiger partial charge on any atom is -0.481 e. The Hall–Kier alpha value is -4.48. The second-order valence-corrected chi connectivity index (χ2v) is 13.8. The molecule has 0 amide bonds. The van der Waals surface area contributed by atoms with Gasteiger partial charge in [0.05, 0.1) is 63.3 Å². The van der Waals surface area contributed by atoms with Crippen LogP contribution in [-0.4, -0.2) is 63.4 Å². The zero-order valence-electron chi connectivity index (χ0n) is 26.3. The topological polar surface area (TPSA) is 130 Å². The molecule has 3 N–H and O–H groups in total. The normalized spacial score (nSPS) is 12.8. The highest BCUT2D eigenvalue weighted by molar-refractivity contribution is 14.1. The van der Waals surface area contributed by atoms with Gasteiger partial charge in [-0.25, -0.2) is 24.9 Å². The molecule has 0 saturated carbocycles. The molecule has 0 aliphatic carbocycles. The summed E-state index contributed by atoms with van der Waals surface area (Å²) < 4.78 is 14.1. The smallest absolute Gasteiger partial charge is 0.227 e. The molecule has 0 radical (unpaired) electrons. The number of aliphatic hydroxyl groups is 1. The van der Waals surface area contributed by atoms with Crippen molar-refractivity contribution in [2.24, 2.45) is 0 Å². The number of rotatable bonds is 8. The summed E-state index contributed by atoms with van der Waals surface area (Å²) in [7, 11) is 1.63. The van der Waals surface area contributed by atoms with Crippen molar-refractivity contribution in [1.29, 1.82) is 0 Å². The van der Waals surface area contributed by atoms with E-state index in [1.165, 1.54) is 5.69 Å². The van der Waals surface area contributed by atoms with Gasteiger partial charge in [0.1, 0.15) is 0 Å². The van der Waals surface area contributed by atoms with Crippen LogP contribution in [0.2, 0.25) is 0 Å². The van der Waals surface area contributed by atoms with Gasteiger partial charge in [-0.05, 0) is 76.7 Å². The molecule has 1 saturated heterocycles. The van der Waals surface area contributed by atoms with E-state index in [2.05, 4.69) is 93.1 Å². The third-order valence-electron chi connectivity index (χ3n) is 7.70. The molecule has 0 atom stereocenters. The van der Waals surface area contributed by atoms with E-state index in [0.29, 0.717) is 17.8 Å². The molecule has 7 aromatic rings. The summed E-state index contributed by atoms with van der Waals surface area (Å²) in [6.45, 7) is 3.42. The first-order chi connectivity index (χ1) is 24.1. The first kappa shape index (κ1) is 33.0. The van der Waals surface area contributed by atoms with Crippen LogP contribution in [0.15, 0.2) is 90.0 Å². The van der Waals surface area contributed by atoms with E-state index in [1.807, 2.05) is 48.8 Å². The molecule has 11 nitrogen and oxygen atoms in total. The molecule has 5 aromatic heterocycles.